The van der Waals surface area contributed by atoms with Crippen molar-refractivity contribution in [2.75, 3.05) is 46.1 Å². The smallest absolute Gasteiger partial charge is 0.355 e. The molecule has 1 aromatic heterocycles. The molecule has 140 valence electrons. The molecule has 0 bridgehead atoms. The lowest BCUT2D eigenvalue weighted by atomic mass is 10.1. The van der Waals surface area contributed by atoms with Crippen LogP contribution in [0.4, 0.5) is 0 Å². The molecule has 2 heterocycles. The zero-order valence-electron chi connectivity index (χ0n) is 15.6. The first-order valence-electron chi connectivity index (χ1n) is 8.85. The number of hydrogen-bond acceptors (Lipinski definition) is 6. The lowest BCUT2D eigenvalue weighted by Gasteiger charge is -2.27. The fraction of sp³-hybridized carbons (Fsp3) is 0.667. The number of esters is 2. The summed E-state index contributed by atoms with van der Waals surface area (Å²) in [6, 6.07) is 0. The minimum Gasteiger partial charge on any atom is -0.462 e. The van der Waals surface area contributed by atoms with Crippen molar-refractivity contribution in [2.45, 2.75) is 34.2 Å². The monoisotopic (exact) mass is 352 g/mol. The van der Waals surface area contributed by atoms with Gasteiger partial charge in [-0.3, -0.25) is 4.90 Å². The van der Waals surface area contributed by atoms with Crippen molar-refractivity contribution < 1.29 is 23.8 Å². The van der Waals surface area contributed by atoms with Gasteiger partial charge in [0.05, 0.1) is 32.0 Å². The molecule has 25 heavy (non-hydrogen) atoms. The lowest BCUT2D eigenvalue weighted by molar-refractivity contribution is 0.0356. The van der Waals surface area contributed by atoms with E-state index in [1.807, 2.05) is 11.5 Å². The van der Waals surface area contributed by atoms with Gasteiger partial charge in [0.2, 0.25) is 0 Å². The van der Waals surface area contributed by atoms with E-state index in [2.05, 4.69) is 4.90 Å². The minimum absolute atomic E-state index is 0.292. The maximum absolute atomic E-state index is 12.5. The summed E-state index contributed by atoms with van der Waals surface area (Å²) in [4.78, 5) is 27.1. The number of carbonyl (C=O) groups excluding carboxylic acids is 2. The quantitative estimate of drug-likeness (QED) is 0.697. The molecule has 7 heteroatoms. The third kappa shape index (κ3) is 4.41. The molecule has 0 amide bonds. The topological polar surface area (TPSA) is 70.0 Å². The Balaban J connectivity index is 2.31. The third-order valence-corrected chi connectivity index (χ3v) is 4.46. The largest absolute Gasteiger partial charge is 0.462 e. The van der Waals surface area contributed by atoms with Gasteiger partial charge in [-0.15, -0.1) is 0 Å². The summed E-state index contributed by atoms with van der Waals surface area (Å²) in [5, 5.41) is 0. The van der Waals surface area contributed by atoms with Gasteiger partial charge in [0.1, 0.15) is 5.69 Å². The van der Waals surface area contributed by atoms with Gasteiger partial charge in [-0.1, -0.05) is 0 Å². The number of nitrogens with zero attached hydrogens (tertiary/aromatic N) is 2. The summed E-state index contributed by atoms with van der Waals surface area (Å²) in [5.74, 6) is -0.797. The van der Waals surface area contributed by atoms with Crippen molar-refractivity contribution in [2.24, 2.45) is 0 Å². The number of hydrogen-bond donors (Lipinski definition) is 0. The number of aromatic nitrogens is 1. The SMILES string of the molecule is CCOC(=O)c1c(C)c(C(=O)OCC)n(CCN2CCOCC2)c1C. The van der Waals surface area contributed by atoms with Gasteiger partial charge in [0.15, 0.2) is 0 Å². The highest BCUT2D eigenvalue weighted by atomic mass is 16.5. The molecule has 1 saturated heterocycles. The highest BCUT2D eigenvalue weighted by Gasteiger charge is 2.28. The summed E-state index contributed by atoms with van der Waals surface area (Å²) in [6.07, 6.45) is 0. The van der Waals surface area contributed by atoms with E-state index in [1.165, 1.54) is 0 Å². The van der Waals surface area contributed by atoms with Gasteiger partial charge >= 0.3 is 11.9 Å². The molecule has 2 rings (SSSR count). The molecule has 0 aromatic carbocycles. The van der Waals surface area contributed by atoms with Gasteiger partial charge in [-0.2, -0.15) is 0 Å². The predicted octanol–water partition coefficient (Wildman–Crippen LogP) is 1.79. The van der Waals surface area contributed by atoms with E-state index in [9.17, 15) is 9.59 Å². The molecule has 0 radical (unpaired) electrons. The van der Waals surface area contributed by atoms with Crippen molar-refractivity contribution in [3.63, 3.8) is 0 Å². The zero-order valence-corrected chi connectivity index (χ0v) is 15.6. The second kappa shape index (κ2) is 9.01. The molecule has 0 atom stereocenters. The number of carbonyl (C=O) groups is 2. The summed E-state index contributed by atoms with van der Waals surface area (Å²) in [7, 11) is 0. The maximum atomic E-state index is 12.5. The first-order valence-corrected chi connectivity index (χ1v) is 8.85. The van der Waals surface area contributed by atoms with Crippen molar-refractivity contribution in [1.82, 2.24) is 9.47 Å². The fourth-order valence-electron chi connectivity index (χ4n) is 3.21. The summed E-state index contributed by atoms with van der Waals surface area (Å²) in [6.45, 7) is 12.3. The van der Waals surface area contributed by atoms with Gasteiger partial charge in [0.25, 0.3) is 0 Å². The van der Waals surface area contributed by atoms with Gasteiger partial charge in [0, 0.05) is 31.9 Å². The highest BCUT2D eigenvalue weighted by Crippen LogP contribution is 2.24. The van der Waals surface area contributed by atoms with Crippen LogP contribution in [0, 0.1) is 13.8 Å². The van der Waals surface area contributed by atoms with Crippen molar-refractivity contribution in [3.05, 3.63) is 22.5 Å². The molecule has 1 aliphatic heterocycles. The minimum atomic E-state index is -0.402. The van der Waals surface area contributed by atoms with E-state index in [0.29, 0.717) is 36.6 Å². The van der Waals surface area contributed by atoms with E-state index in [0.717, 1.165) is 38.5 Å². The normalized spacial score (nSPS) is 15.2. The molecule has 1 aromatic rings. The molecular weight excluding hydrogens is 324 g/mol. The third-order valence-electron chi connectivity index (χ3n) is 4.46. The summed E-state index contributed by atoms with van der Waals surface area (Å²) >= 11 is 0. The lowest BCUT2D eigenvalue weighted by Crippen LogP contribution is -2.38. The number of morpholine rings is 1. The zero-order chi connectivity index (χ0) is 18.4. The van der Waals surface area contributed by atoms with Crippen LogP contribution in [0.5, 0.6) is 0 Å². The van der Waals surface area contributed by atoms with Crippen LogP contribution in [-0.2, 0) is 20.8 Å². The standard InChI is InChI=1S/C18H28N2O5/c1-5-24-17(21)15-13(3)16(18(22)25-6-2)20(14(15)4)8-7-19-9-11-23-12-10-19/h5-12H2,1-4H3. The van der Waals surface area contributed by atoms with Gasteiger partial charge in [-0.25, -0.2) is 9.59 Å². The van der Waals surface area contributed by atoms with Crippen molar-refractivity contribution in [1.29, 1.82) is 0 Å². The van der Waals surface area contributed by atoms with Crippen LogP contribution in [0.25, 0.3) is 0 Å². The molecule has 0 saturated carbocycles. The van der Waals surface area contributed by atoms with E-state index >= 15 is 0 Å². The molecule has 1 aliphatic rings. The Labute approximate surface area is 148 Å². The Bertz CT molecular complexity index is 617. The Morgan fingerprint density at radius 3 is 2.20 bits per heavy atom. The second-order valence-electron chi connectivity index (χ2n) is 5.98. The van der Waals surface area contributed by atoms with Crippen LogP contribution in [0.15, 0.2) is 0 Å². The van der Waals surface area contributed by atoms with Crippen LogP contribution < -0.4 is 0 Å². The second-order valence-corrected chi connectivity index (χ2v) is 5.98. The first-order chi connectivity index (χ1) is 12.0. The van der Waals surface area contributed by atoms with Crippen LogP contribution >= 0.6 is 0 Å². The molecule has 1 fully saturated rings. The Hall–Kier alpha value is -1.86. The molecular formula is C18H28N2O5. The van der Waals surface area contributed by atoms with Crippen LogP contribution in [-0.4, -0.2) is 67.5 Å². The Morgan fingerprint density at radius 1 is 1.00 bits per heavy atom. The average molecular weight is 352 g/mol. The predicted molar refractivity (Wildman–Crippen MR) is 93.1 cm³/mol. The van der Waals surface area contributed by atoms with E-state index in [-0.39, 0.29) is 0 Å². The van der Waals surface area contributed by atoms with Crippen molar-refractivity contribution >= 4 is 11.9 Å². The summed E-state index contributed by atoms with van der Waals surface area (Å²) in [5.41, 5.74) is 2.27. The fourth-order valence-corrected chi connectivity index (χ4v) is 3.21. The molecule has 0 spiro atoms. The van der Waals surface area contributed by atoms with Crippen LogP contribution in [0.2, 0.25) is 0 Å². The van der Waals surface area contributed by atoms with E-state index in [1.54, 1.807) is 20.8 Å². The van der Waals surface area contributed by atoms with E-state index in [4.69, 9.17) is 14.2 Å². The van der Waals surface area contributed by atoms with E-state index < -0.39 is 11.9 Å². The van der Waals surface area contributed by atoms with Crippen LogP contribution in [0.1, 0.15) is 46.0 Å². The molecule has 0 unspecified atom stereocenters. The summed E-state index contributed by atoms with van der Waals surface area (Å²) < 4.78 is 17.6. The van der Waals surface area contributed by atoms with Gasteiger partial charge < -0.3 is 18.8 Å². The van der Waals surface area contributed by atoms with Crippen molar-refractivity contribution in [3.8, 4) is 0 Å². The molecule has 7 nitrogen and oxygen atoms in total. The Morgan fingerprint density at radius 2 is 1.60 bits per heavy atom. The number of ether oxygens (including phenoxy) is 3. The molecule has 0 aliphatic carbocycles. The van der Waals surface area contributed by atoms with Crippen LogP contribution in [0.3, 0.4) is 0 Å². The van der Waals surface area contributed by atoms with Gasteiger partial charge in [-0.05, 0) is 33.3 Å². The Kier molecular flexibility index (Phi) is 7.01. The first kappa shape index (κ1) is 19.5. The highest BCUT2D eigenvalue weighted by molar-refractivity contribution is 5.99. The maximum Gasteiger partial charge on any atom is 0.355 e. The average Bonchev–Trinajstić information content (AvgIpc) is 2.84. The molecule has 0 N–H and O–H groups in total. The number of rotatable bonds is 7.